The number of ether oxygens (including phenoxy) is 1. The molecule has 0 saturated carbocycles. The molecule has 1 N–H and O–H groups in total. The maximum Gasteiger partial charge on any atom is 0.0480 e. The van der Waals surface area contributed by atoms with E-state index in [1.54, 1.807) is 0 Å². The molecule has 0 amide bonds. The van der Waals surface area contributed by atoms with Crippen molar-refractivity contribution >= 4 is 6.08 Å². The fourth-order valence-electron chi connectivity index (χ4n) is 1.90. The van der Waals surface area contributed by atoms with E-state index in [1.807, 2.05) is 6.07 Å². The van der Waals surface area contributed by atoms with Crippen molar-refractivity contribution in [1.82, 2.24) is 5.32 Å². The van der Waals surface area contributed by atoms with Gasteiger partial charge in [0.1, 0.15) is 0 Å². The molecule has 16 heavy (non-hydrogen) atoms. The van der Waals surface area contributed by atoms with Crippen LogP contribution in [0.15, 0.2) is 36.4 Å². The van der Waals surface area contributed by atoms with E-state index in [-0.39, 0.29) is 0 Å². The second-order valence-corrected chi connectivity index (χ2v) is 4.11. The van der Waals surface area contributed by atoms with E-state index in [0.29, 0.717) is 6.04 Å². The molecule has 1 aliphatic rings. The second-order valence-electron chi connectivity index (χ2n) is 4.11. The third-order valence-electron chi connectivity index (χ3n) is 2.86. The molecule has 0 radical (unpaired) electrons. The molecule has 0 aromatic heterocycles. The molecule has 0 spiro atoms. The molecule has 1 aliphatic heterocycles. The van der Waals surface area contributed by atoms with Gasteiger partial charge in [-0.15, -0.1) is 0 Å². The van der Waals surface area contributed by atoms with E-state index in [0.717, 1.165) is 32.6 Å². The number of hydrogen-bond donors (Lipinski definition) is 1. The predicted octanol–water partition coefficient (Wildman–Crippen LogP) is 2.47. The third kappa shape index (κ3) is 3.80. The van der Waals surface area contributed by atoms with Crippen LogP contribution >= 0.6 is 0 Å². The highest BCUT2D eigenvalue weighted by atomic mass is 16.5. The first-order valence-electron chi connectivity index (χ1n) is 5.98. The molecule has 0 aliphatic carbocycles. The Balaban J connectivity index is 1.69. The minimum absolute atomic E-state index is 0.633. The van der Waals surface area contributed by atoms with Gasteiger partial charge in [0, 0.05) is 25.8 Å². The Labute approximate surface area is 97.3 Å². The van der Waals surface area contributed by atoms with E-state index in [1.165, 1.54) is 5.56 Å². The van der Waals surface area contributed by atoms with Crippen LogP contribution in [-0.4, -0.2) is 25.8 Å². The van der Waals surface area contributed by atoms with Gasteiger partial charge in [-0.05, 0) is 18.4 Å². The average Bonchev–Trinajstić information content (AvgIpc) is 2.37. The highest BCUT2D eigenvalue weighted by Crippen LogP contribution is 2.06. The molecule has 1 aromatic rings. The maximum absolute atomic E-state index is 5.32. The van der Waals surface area contributed by atoms with E-state index in [4.69, 9.17) is 4.74 Å². The average molecular weight is 217 g/mol. The lowest BCUT2D eigenvalue weighted by Gasteiger charge is -2.22. The van der Waals surface area contributed by atoms with Crippen molar-refractivity contribution in [1.29, 1.82) is 0 Å². The topological polar surface area (TPSA) is 21.3 Å². The smallest absolute Gasteiger partial charge is 0.0480 e. The van der Waals surface area contributed by atoms with E-state index < -0.39 is 0 Å². The normalized spacial score (nSPS) is 18.0. The lowest BCUT2D eigenvalue weighted by molar-refractivity contribution is 0.0789. The van der Waals surface area contributed by atoms with Crippen molar-refractivity contribution in [3.8, 4) is 0 Å². The summed E-state index contributed by atoms with van der Waals surface area (Å²) in [6.45, 7) is 2.75. The molecule has 2 heteroatoms. The fraction of sp³-hybridized carbons (Fsp3) is 0.429. The van der Waals surface area contributed by atoms with Crippen LogP contribution in [0.4, 0.5) is 0 Å². The summed E-state index contributed by atoms with van der Waals surface area (Å²) in [5.74, 6) is 0. The SMILES string of the molecule is C(=Cc1ccccc1)CNC1CCOCC1. The molecule has 0 atom stereocenters. The lowest BCUT2D eigenvalue weighted by Crippen LogP contribution is -2.34. The van der Waals surface area contributed by atoms with Gasteiger partial charge in [-0.25, -0.2) is 0 Å². The van der Waals surface area contributed by atoms with E-state index >= 15 is 0 Å². The molecule has 1 aromatic carbocycles. The molecule has 0 bridgehead atoms. The number of benzene rings is 1. The van der Waals surface area contributed by atoms with Crippen LogP contribution in [0.3, 0.4) is 0 Å². The summed E-state index contributed by atoms with van der Waals surface area (Å²) in [7, 11) is 0. The van der Waals surface area contributed by atoms with Crippen LogP contribution < -0.4 is 5.32 Å². The highest BCUT2D eigenvalue weighted by molar-refractivity contribution is 5.48. The minimum Gasteiger partial charge on any atom is -0.381 e. The van der Waals surface area contributed by atoms with Gasteiger partial charge in [0.05, 0.1) is 0 Å². The quantitative estimate of drug-likeness (QED) is 0.836. The van der Waals surface area contributed by atoms with Crippen molar-refractivity contribution in [2.45, 2.75) is 18.9 Å². The van der Waals surface area contributed by atoms with E-state index in [9.17, 15) is 0 Å². The van der Waals surface area contributed by atoms with Gasteiger partial charge in [-0.3, -0.25) is 0 Å². The predicted molar refractivity (Wildman–Crippen MR) is 67.3 cm³/mol. The van der Waals surface area contributed by atoms with Gasteiger partial charge in [0.2, 0.25) is 0 Å². The van der Waals surface area contributed by atoms with Crippen LogP contribution in [0.25, 0.3) is 6.08 Å². The van der Waals surface area contributed by atoms with Crippen LogP contribution in [0.1, 0.15) is 18.4 Å². The Morgan fingerprint density at radius 2 is 1.94 bits per heavy atom. The molecule has 2 rings (SSSR count). The van der Waals surface area contributed by atoms with Gasteiger partial charge in [0.25, 0.3) is 0 Å². The molecule has 0 unspecified atom stereocenters. The first kappa shape index (κ1) is 11.4. The standard InChI is InChI=1S/C14H19NO/c1-2-5-13(6-3-1)7-4-10-15-14-8-11-16-12-9-14/h1-7,14-15H,8-12H2. The molecule has 1 saturated heterocycles. The maximum atomic E-state index is 5.32. The molecule has 86 valence electrons. The van der Waals surface area contributed by atoms with Crippen LogP contribution in [0.5, 0.6) is 0 Å². The Morgan fingerprint density at radius 1 is 1.19 bits per heavy atom. The third-order valence-corrected chi connectivity index (χ3v) is 2.86. The highest BCUT2D eigenvalue weighted by Gasteiger charge is 2.11. The largest absolute Gasteiger partial charge is 0.381 e. The zero-order chi connectivity index (χ0) is 11.1. The van der Waals surface area contributed by atoms with Gasteiger partial charge in [-0.2, -0.15) is 0 Å². The number of rotatable bonds is 4. The number of nitrogens with one attached hydrogen (secondary N) is 1. The lowest BCUT2D eigenvalue weighted by atomic mass is 10.1. The first-order chi connectivity index (χ1) is 7.95. The van der Waals surface area contributed by atoms with Crippen molar-refractivity contribution in [2.75, 3.05) is 19.8 Å². The Kier molecular flexibility index (Phi) is 4.59. The van der Waals surface area contributed by atoms with Crippen LogP contribution in [0.2, 0.25) is 0 Å². The van der Waals surface area contributed by atoms with Crippen molar-refractivity contribution in [3.05, 3.63) is 42.0 Å². The summed E-state index contributed by atoms with van der Waals surface area (Å²) in [6, 6.07) is 11.0. The minimum atomic E-state index is 0.633. The van der Waals surface area contributed by atoms with Crippen molar-refractivity contribution < 1.29 is 4.74 Å². The Bertz CT molecular complexity index is 315. The summed E-state index contributed by atoms with van der Waals surface area (Å²) in [5.41, 5.74) is 1.26. The Morgan fingerprint density at radius 3 is 2.69 bits per heavy atom. The molecule has 1 fully saturated rings. The van der Waals surface area contributed by atoms with Crippen molar-refractivity contribution in [3.63, 3.8) is 0 Å². The molecular formula is C14H19NO. The fourth-order valence-corrected chi connectivity index (χ4v) is 1.90. The summed E-state index contributed by atoms with van der Waals surface area (Å²) in [5, 5.41) is 3.53. The Hall–Kier alpha value is -1.12. The van der Waals surface area contributed by atoms with Crippen LogP contribution in [-0.2, 0) is 4.74 Å². The summed E-state index contributed by atoms with van der Waals surface area (Å²) < 4.78 is 5.32. The van der Waals surface area contributed by atoms with Gasteiger partial charge in [0.15, 0.2) is 0 Å². The summed E-state index contributed by atoms with van der Waals surface area (Å²) in [4.78, 5) is 0. The zero-order valence-corrected chi connectivity index (χ0v) is 9.56. The summed E-state index contributed by atoms with van der Waals surface area (Å²) in [6.07, 6.45) is 6.62. The van der Waals surface area contributed by atoms with Gasteiger partial charge >= 0.3 is 0 Å². The van der Waals surface area contributed by atoms with Crippen LogP contribution in [0, 0.1) is 0 Å². The zero-order valence-electron chi connectivity index (χ0n) is 9.56. The van der Waals surface area contributed by atoms with Gasteiger partial charge < -0.3 is 10.1 Å². The first-order valence-corrected chi connectivity index (χ1v) is 5.98. The summed E-state index contributed by atoms with van der Waals surface area (Å²) >= 11 is 0. The molecule has 2 nitrogen and oxygen atoms in total. The monoisotopic (exact) mass is 217 g/mol. The van der Waals surface area contributed by atoms with Crippen molar-refractivity contribution in [2.24, 2.45) is 0 Å². The molecular weight excluding hydrogens is 198 g/mol. The van der Waals surface area contributed by atoms with Gasteiger partial charge in [-0.1, -0.05) is 42.5 Å². The molecule has 1 heterocycles. The van der Waals surface area contributed by atoms with E-state index in [2.05, 4.69) is 41.7 Å². The second kappa shape index (κ2) is 6.46. The number of hydrogen-bond acceptors (Lipinski definition) is 2.